The predicted molar refractivity (Wildman–Crippen MR) is 87.4 cm³/mol. The molecule has 0 saturated heterocycles. The lowest BCUT2D eigenvalue weighted by Crippen LogP contribution is -2.17. The minimum Gasteiger partial charge on any atom is -0.494 e. The first kappa shape index (κ1) is 16.0. The zero-order valence-electron chi connectivity index (χ0n) is 13.2. The van der Waals surface area contributed by atoms with Crippen LogP contribution in [0.4, 0.5) is 4.39 Å². The molecule has 24 heavy (non-hydrogen) atoms. The zero-order chi connectivity index (χ0) is 16.9. The van der Waals surface area contributed by atoms with E-state index in [9.17, 15) is 9.18 Å². The number of benzene rings is 2. The quantitative estimate of drug-likeness (QED) is 0.651. The van der Waals surface area contributed by atoms with Crippen LogP contribution < -0.4 is 10.5 Å². The Hall–Kier alpha value is -2.89. The van der Waals surface area contributed by atoms with E-state index in [1.165, 1.54) is 28.9 Å². The van der Waals surface area contributed by atoms with Gasteiger partial charge in [0.2, 0.25) is 5.89 Å². The van der Waals surface area contributed by atoms with Gasteiger partial charge in [0.15, 0.2) is 0 Å². The molecule has 3 rings (SSSR count). The summed E-state index contributed by atoms with van der Waals surface area (Å²) in [4.78, 5) is 11.8. The third kappa shape index (κ3) is 3.90. The third-order valence-electron chi connectivity index (χ3n) is 3.47. The van der Waals surface area contributed by atoms with Crippen molar-refractivity contribution in [1.29, 1.82) is 0 Å². The van der Waals surface area contributed by atoms with Crippen LogP contribution >= 0.6 is 0 Å². The van der Waals surface area contributed by atoms with Gasteiger partial charge in [-0.15, -0.1) is 5.10 Å². The number of ether oxygens (including phenoxy) is 1. The van der Waals surface area contributed by atoms with Crippen molar-refractivity contribution in [2.24, 2.45) is 0 Å². The van der Waals surface area contributed by atoms with Gasteiger partial charge >= 0.3 is 5.76 Å². The van der Waals surface area contributed by atoms with Gasteiger partial charge in [0, 0.05) is 12.0 Å². The molecule has 0 spiro atoms. The summed E-state index contributed by atoms with van der Waals surface area (Å²) in [5.41, 5.74) is 1.69. The average molecular weight is 328 g/mol. The van der Waals surface area contributed by atoms with Gasteiger partial charge in [-0.05, 0) is 48.9 Å². The Kier molecular flexibility index (Phi) is 4.74. The minimum absolute atomic E-state index is 0.180. The first-order chi connectivity index (χ1) is 11.6. The summed E-state index contributed by atoms with van der Waals surface area (Å²) in [6.07, 6.45) is 0.614. The number of halogens is 1. The van der Waals surface area contributed by atoms with E-state index < -0.39 is 5.76 Å². The number of hydrogen-bond donors (Lipinski definition) is 0. The zero-order valence-corrected chi connectivity index (χ0v) is 13.2. The summed E-state index contributed by atoms with van der Waals surface area (Å²) in [6.45, 7) is 2.85. The van der Waals surface area contributed by atoms with Crippen molar-refractivity contribution in [2.75, 3.05) is 6.61 Å². The minimum atomic E-state index is -0.537. The Balaban J connectivity index is 1.58. The largest absolute Gasteiger partial charge is 0.494 e. The molecule has 5 nitrogen and oxygen atoms in total. The van der Waals surface area contributed by atoms with Crippen LogP contribution in [0.5, 0.6) is 5.75 Å². The molecule has 0 aliphatic carbocycles. The van der Waals surface area contributed by atoms with E-state index in [-0.39, 0.29) is 11.7 Å². The molecule has 6 heteroatoms. The lowest BCUT2D eigenvalue weighted by Gasteiger charge is -2.06. The van der Waals surface area contributed by atoms with Crippen molar-refractivity contribution >= 4 is 0 Å². The Labute approximate surface area is 138 Å². The molecule has 0 aliphatic heterocycles. The number of aryl methyl sites for hydroxylation is 2. The molecular formula is C18H17FN2O3. The normalized spacial score (nSPS) is 10.8. The second-order valence-corrected chi connectivity index (χ2v) is 5.42. The second kappa shape index (κ2) is 7.12. The summed E-state index contributed by atoms with van der Waals surface area (Å²) in [6, 6.07) is 13.4. The van der Waals surface area contributed by atoms with Crippen molar-refractivity contribution < 1.29 is 13.5 Å². The maximum Gasteiger partial charge on any atom is 0.437 e. The summed E-state index contributed by atoms with van der Waals surface area (Å²) in [5.74, 6) is 0.0906. The van der Waals surface area contributed by atoms with Gasteiger partial charge in [0.25, 0.3) is 0 Å². The Morgan fingerprint density at radius 1 is 1.21 bits per heavy atom. The summed E-state index contributed by atoms with van der Waals surface area (Å²) < 4.78 is 24.9. The summed E-state index contributed by atoms with van der Waals surface area (Å²) in [7, 11) is 0. The topological polar surface area (TPSA) is 57.3 Å². The Morgan fingerprint density at radius 3 is 2.75 bits per heavy atom. The lowest BCUT2D eigenvalue weighted by molar-refractivity contribution is 0.295. The van der Waals surface area contributed by atoms with Gasteiger partial charge in [0.05, 0.1) is 13.2 Å². The molecular weight excluding hydrogens is 311 g/mol. The lowest BCUT2D eigenvalue weighted by atomic mass is 10.2. The highest BCUT2D eigenvalue weighted by molar-refractivity contribution is 5.51. The van der Waals surface area contributed by atoms with Crippen LogP contribution in [0.25, 0.3) is 11.5 Å². The average Bonchev–Trinajstić information content (AvgIpc) is 2.93. The van der Waals surface area contributed by atoms with E-state index in [0.717, 1.165) is 11.3 Å². The first-order valence-corrected chi connectivity index (χ1v) is 7.65. The molecule has 0 aliphatic rings. The monoisotopic (exact) mass is 328 g/mol. The van der Waals surface area contributed by atoms with Gasteiger partial charge in [-0.3, -0.25) is 0 Å². The number of rotatable bonds is 6. The maximum atomic E-state index is 12.9. The van der Waals surface area contributed by atoms with E-state index in [1.807, 2.05) is 31.2 Å². The molecule has 0 atom stereocenters. The summed E-state index contributed by atoms with van der Waals surface area (Å²) >= 11 is 0. The van der Waals surface area contributed by atoms with Gasteiger partial charge in [-0.25, -0.2) is 9.18 Å². The van der Waals surface area contributed by atoms with Crippen LogP contribution in [0.3, 0.4) is 0 Å². The molecule has 0 saturated carbocycles. The number of aromatic nitrogens is 2. The molecule has 2 aromatic carbocycles. The molecule has 0 amide bonds. The van der Waals surface area contributed by atoms with Crippen molar-refractivity contribution in [1.82, 2.24) is 9.78 Å². The maximum absolute atomic E-state index is 12.9. The van der Waals surface area contributed by atoms with E-state index >= 15 is 0 Å². The number of hydrogen-bond acceptors (Lipinski definition) is 4. The second-order valence-electron chi connectivity index (χ2n) is 5.42. The van der Waals surface area contributed by atoms with Crippen molar-refractivity contribution in [2.45, 2.75) is 19.9 Å². The number of nitrogens with zero attached hydrogens (tertiary/aromatic N) is 2. The van der Waals surface area contributed by atoms with Crippen LogP contribution in [-0.4, -0.2) is 16.4 Å². The summed E-state index contributed by atoms with van der Waals surface area (Å²) in [5, 5.41) is 4.13. The third-order valence-corrected chi connectivity index (χ3v) is 3.47. The van der Waals surface area contributed by atoms with E-state index in [2.05, 4.69) is 5.10 Å². The van der Waals surface area contributed by atoms with Crippen molar-refractivity contribution in [3.8, 4) is 17.2 Å². The molecule has 0 N–H and O–H groups in total. The van der Waals surface area contributed by atoms with E-state index in [0.29, 0.717) is 25.1 Å². The van der Waals surface area contributed by atoms with Gasteiger partial charge in [-0.2, -0.15) is 4.68 Å². The molecule has 0 bridgehead atoms. The highest BCUT2D eigenvalue weighted by Gasteiger charge is 2.10. The first-order valence-electron chi connectivity index (χ1n) is 7.65. The van der Waals surface area contributed by atoms with Crippen LogP contribution in [0.15, 0.2) is 57.7 Å². The fourth-order valence-electron chi connectivity index (χ4n) is 2.27. The molecule has 0 unspecified atom stereocenters. The Bertz CT molecular complexity index is 868. The van der Waals surface area contributed by atoms with Crippen LogP contribution in [-0.2, 0) is 6.54 Å². The SMILES string of the molecule is Cc1cccc(OCCCn2nc(-c3ccc(F)cc3)oc2=O)c1. The highest BCUT2D eigenvalue weighted by Crippen LogP contribution is 2.16. The van der Waals surface area contributed by atoms with Crippen molar-refractivity contribution in [3.05, 3.63) is 70.5 Å². The Morgan fingerprint density at radius 2 is 2.00 bits per heavy atom. The van der Waals surface area contributed by atoms with Crippen LogP contribution in [0, 0.1) is 12.7 Å². The predicted octanol–water partition coefficient (Wildman–Crippen LogP) is 3.42. The molecule has 0 fully saturated rings. The molecule has 1 aromatic heterocycles. The van der Waals surface area contributed by atoms with Gasteiger partial charge in [-0.1, -0.05) is 12.1 Å². The molecule has 1 heterocycles. The van der Waals surface area contributed by atoms with E-state index in [4.69, 9.17) is 9.15 Å². The van der Waals surface area contributed by atoms with Crippen LogP contribution in [0.2, 0.25) is 0 Å². The fraction of sp³-hybridized carbons (Fsp3) is 0.222. The standard InChI is InChI=1S/C18H17FN2O3/c1-13-4-2-5-16(12-13)23-11-3-10-21-18(22)24-17(20-21)14-6-8-15(19)9-7-14/h2,4-9,12H,3,10-11H2,1H3. The van der Waals surface area contributed by atoms with Gasteiger partial charge < -0.3 is 9.15 Å². The van der Waals surface area contributed by atoms with Gasteiger partial charge in [0.1, 0.15) is 11.6 Å². The van der Waals surface area contributed by atoms with Crippen molar-refractivity contribution in [3.63, 3.8) is 0 Å². The smallest absolute Gasteiger partial charge is 0.437 e. The molecule has 0 radical (unpaired) electrons. The van der Waals surface area contributed by atoms with Crippen LogP contribution in [0.1, 0.15) is 12.0 Å². The highest BCUT2D eigenvalue weighted by atomic mass is 19.1. The molecule has 124 valence electrons. The molecule has 3 aromatic rings. The fourth-order valence-corrected chi connectivity index (χ4v) is 2.27. The van der Waals surface area contributed by atoms with E-state index in [1.54, 1.807) is 0 Å².